The zero-order chi connectivity index (χ0) is 13.5. The molecular weight excluding hydrogens is 234 g/mol. The molecule has 0 heterocycles. The summed E-state index contributed by atoms with van der Waals surface area (Å²) in [6.45, 7) is 2.30. The molecule has 0 atom stereocenters. The van der Waals surface area contributed by atoms with Gasteiger partial charge in [-0.3, -0.25) is 4.79 Å². The van der Waals surface area contributed by atoms with E-state index in [0.29, 0.717) is 25.1 Å². The molecule has 0 bridgehead atoms. The summed E-state index contributed by atoms with van der Waals surface area (Å²) < 4.78 is 5.14. The third-order valence-corrected chi connectivity index (χ3v) is 2.57. The molecule has 0 aromatic heterocycles. The van der Waals surface area contributed by atoms with Gasteiger partial charge in [-0.25, -0.2) is 4.79 Å². The van der Waals surface area contributed by atoms with Crippen molar-refractivity contribution < 1.29 is 19.4 Å². The van der Waals surface area contributed by atoms with Crippen molar-refractivity contribution in [1.29, 1.82) is 0 Å². The minimum atomic E-state index is -0.987. The van der Waals surface area contributed by atoms with Crippen molar-refractivity contribution in [3.8, 4) is 5.75 Å². The lowest BCUT2D eigenvalue weighted by Gasteiger charge is -2.10. The van der Waals surface area contributed by atoms with Crippen LogP contribution in [0.25, 0.3) is 0 Å². The van der Waals surface area contributed by atoms with Crippen molar-refractivity contribution in [1.82, 2.24) is 5.32 Å². The van der Waals surface area contributed by atoms with Gasteiger partial charge in [0.05, 0.1) is 12.7 Å². The summed E-state index contributed by atoms with van der Waals surface area (Å²) >= 11 is 0. The van der Waals surface area contributed by atoms with Crippen LogP contribution in [0.3, 0.4) is 0 Å². The van der Waals surface area contributed by atoms with Crippen molar-refractivity contribution in [3.05, 3.63) is 29.3 Å². The van der Waals surface area contributed by atoms with Gasteiger partial charge in [0.2, 0.25) is 5.91 Å². The van der Waals surface area contributed by atoms with Crippen molar-refractivity contribution in [3.63, 3.8) is 0 Å². The number of hydrogen-bond acceptors (Lipinski definition) is 3. The Labute approximate surface area is 106 Å². The highest BCUT2D eigenvalue weighted by molar-refractivity contribution is 5.88. The molecule has 0 unspecified atom stereocenters. The number of methoxy groups -OCH3 is 1. The molecule has 5 heteroatoms. The van der Waals surface area contributed by atoms with E-state index in [2.05, 4.69) is 5.32 Å². The van der Waals surface area contributed by atoms with Gasteiger partial charge in [-0.2, -0.15) is 0 Å². The van der Waals surface area contributed by atoms with Gasteiger partial charge < -0.3 is 15.2 Å². The molecule has 98 valence electrons. The SMILES string of the molecule is CCC(=O)NCCc1ccc(C(=O)O)cc1OC. The van der Waals surface area contributed by atoms with E-state index in [0.717, 1.165) is 5.56 Å². The molecular formula is C13H17NO4. The second-order valence-electron chi connectivity index (χ2n) is 3.79. The Kier molecular flexibility index (Phi) is 5.17. The fourth-order valence-electron chi connectivity index (χ4n) is 1.55. The molecule has 0 saturated heterocycles. The van der Waals surface area contributed by atoms with E-state index in [1.54, 1.807) is 13.0 Å². The molecule has 1 aromatic rings. The van der Waals surface area contributed by atoms with Crippen LogP contribution in [0.15, 0.2) is 18.2 Å². The first-order chi connectivity index (χ1) is 8.58. The quantitative estimate of drug-likeness (QED) is 0.802. The molecule has 0 aliphatic carbocycles. The molecule has 0 spiro atoms. The van der Waals surface area contributed by atoms with Gasteiger partial charge in [0.1, 0.15) is 5.75 Å². The Bertz CT molecular complexity index is 443. The topological polar surface area (TPSA) is 75.6 Å². The summed E-state index contributed by atoms with van der Waals surface area (Å²) in [6, 6.07) is 4.72. The van der Waals surface area contributed by atoms with Gasteiger partial charge in [0.25, 0.3) is 0 Å². The highest BCUT2D eigenvalue weighted by atomic mass is 16.5. The second-order valence-corrected chi connectivity index (χ2v) is 3.79. The van der Waals surface area contributed by atoms with Crippen LogP contribution < -0.4 is 10.1 Å². The highest BCUT2D eigenvalue weighted by Gasteiger charge is 2.09. The average Bonchev–Trinajstić information content (AvgIpc) is 2.38. The number of aromatic carboxylic acids is 1. The van der Waals surface area contributed by atoms with Crippen LogP contribution in [0.2, 0.25) is 0 Å². The maximum atomic E-state index is 11.1. The Morgan fingerprint density at radius 3 is 2.67 bits per heavy atom. The minimum Gasteiger partial charge on any atom is -0.496 e. The Hall–Kier alpha value is -2.04. The standard InChI is InChI=1S/C13H17NO4/c1-3-12(15)14-7-6-9-4-5-10(13(16)17)8-11(9)18-2/h4-5,8H,3,6-7H2,1-2H3,(H,14,15)(H,16,17). The first-order valence-corrected chi connectivity index (χ1v) is 5.75. The lowest BCUT2D eigenvalue weighted by Crippen LogP contribution is -2.24. The van der Waals surface area contributed by atoms with Gasteiger partial charge in [-0.1, -0.05) is 13.0 Å². The van der Waals surface area contributed by atoms with Crippen molar-refractivity contribution in [2.75, 3.05) is 13.7 Å². The first kappa shape index (κ1) is 14.0. The largest absolute Gasteiger partial charge is 0.496 e. The lowest BCUT2D eigenvalue weighted by atomic mass is 10.1. The maximum Gasteiger partial charge on any atom is 0.335 e. The van der Waals surface area contributed by atoms with Gasteiger partial charge in [-0.05, 0) is 24.1 Å². The predicted octanol–water partition coefficient (Wildman–Crippen LogP) is 1.46. The third-order valence-electron chi connectivity index (χ3n) is 2.57. The molecule has 0 aliphatic rings. The third kappa shape index (κ3) is 3.76. The van der Waals surface area contributed by atoms with Crippen LogP contribution in [0.1, 0.15) is 29.3 Å². The van der Waals surface area contributed by atoms with Crippen LogP contribution in [0, 0.1) is 0 Å². The Morgan fingerprint density at radius 2 is 2.11 bits per heavy atom. The average molecular weight is 251 g/mol. The fourth-order valence-corrected chi connectivity index (χ4v) is 1.55. The zero-order valence-corrected chi connectivity index (χ0v) is 10.5. The normalized spacial score (nSPS) is 9.89. The number of benzene rings is 1. The van der Waals surface area contributed by atoms with E-state index < -0.39 is 5.97 Å². The van der Waals surface area contributed by atoms with E-state index >= 15 is 0 Å². The Balaban J connectivity index is 2.71. The summed E-state index contributed by atoms with van der Waals surface area (Å²) in [5.74, 6) is -0.462. The van der Waals surface area contributed by atoms with Gasteiger partial charge >= 0.3 is 5.97 Å². The summed E-state index contributed by atoms with van der Waals surface area (Å²) in [4.78, 5) is 21.9. The van der Waals surface area contributed by atoms with Crippen LogP contribution in [0.4, 0.5) is 0 Å². The number of carboxylic acid groups (broad SMARTS) is 1. The molecule has 0 radical (unpaired) electrons. The van der Waals surface area contributed by atoms with Crippen molar-refractivity contribution >= 4 is 11.9 Å². The van der Waals surface area contributed by atoms with E-state index in [9.17, 15) is 9.59 Å². The predicted molar refractivity (Wildman–Crippen MR) is 67.0 cm³/mol. The number of carboxylic acids is 1. The molecule has 18 heavy (non-hydrogen) atoms. The first-order valence-electron chi connectivity index (χ1n) is 5.75. The van der Waals surface area contributed by atoms with Crippen LogP contribution in [0.5, 0.6) is 5.75 Å². The number of ether oxygens (including phenoxy) is 1. The number of carbonyl (C=O) groups is 2. The van der Waals surface area contributed by atoms with Crippen LogP contribution in [-0.4, -0.2) is 30.6 Å². The van der Waals surface area contributed by atoms with E-state index in [-0.39, 0.29) is 11.5 Å². The van der Waals surface area contributed by atoms with Gasteiger partial charge in [0, 0.05) is 13.0 Å². The molecule has 0 saturated carbocycles. The van der Waals surface area contributed by atoms with Crippen molar-refractivity contribution in [2.24, 2.45) is 0 Å². The number of hydrogen-bond donors (Lipinski definition) is 2. The number of nitrogens with one attached hydrogen (secondary N) is 1. The highest BCUT2D eigenvalue weighted by Crippen LogP contribution is 2.20. The van der Waals surface area contributed by atoms with E-state index in [1.807, 2.05) is 0 Å². The maximum absolute atomic E-state index is 11.1. The minimum absolute atomic E-state index is 0.00359. The zero-order valence-electron chi connectivity index (χ0n) is 10.5. The monoisotopic (exact) mass is 251 g/mol. The molecule has 0 fully saturated rings. The van der Waals surface area contributed by atoms with Crippen molar-refractivity contribution in [2.45, 2.75) is 19.8 Å². The molecule has 1 amide bonds. The summed E-state index contributed by atoms with van der Waals surface area (Å²) in [6.07, 6.45) is 1.06. The van der Waals surface area contributed by atoms with E-state index in [4.69, 9.17) is 9.84 Å². The Morgan fingerprint density at radius 1 is 1.39 bits per heavy atom. The second kappa shape index (κ2) is 6.64. The molecule has 1 rings (SSSR count). The molecule has 2 N–H and O–H groups in total. The summed E-state index contributed by atoms with van der Waals surface area (Å²) in [5, 5.41) is 11.6. The number of rotatable bonds is 6. The molecule has 1 aromatic carbocycles. The van der Waals surface area contributed by atoms with Crippen LogP contribution in [-0.2, 0) is 11.2 Å². The lowest BCUT2D eigenvalue weighted by molar-refractivity contribution is -0.120. The van der Waals surface area contributed by atoms with E-state index in [1.165, 1.54) is 19.2 Å². The number of carbonyl (C=O) groups excluding carboxylic acids is 1. The molecule has 0 aliphatic heterocycles. The number of amides is 1. The van der Waals surface area contributed by atoms with Crippen LogP contribution >= 0.6 is 0 Å². The summed E-state index contributed by atoms with van der Waals surface area (Å²) in [7, 11) is 1.50. The smallest absolute Gasteiger partial charge is 0.335 e. The van der Waals surface area contributed by atoms with Gasteiger partial charge in [-0.15, -0.1) is 0 Å². The molecule has 5 nitrogen and oxygen atoms in total. The summed E-state index contributed by atoms with van der Waals surface area (Å²) in [5.41, 5.74) is 1.06. The van der Waals surface area contributed by atoms with Gasteiger partial charge in [0.15, 0.2) is 0 Å². The fraction of sp³-hybridized carbons (Fsp3) is 0.385.